The molecular weight excluding hydrogens is 376 g/mol. The molecule has 0 atom stereocenters. The summed E-state index contributed by atoms with van der Waals surface area (Å²) in [6.45, 7) is 3.93. The van der Waals surface area contributed by atoms with Gasteiger partial charge in [0.05, 0.1) is 22.3 Å². The molecule has 148 valence electrons. The van der Waals surface area contributed by atoms with E-state index in [0.717, 1.165) is 22.2 Å². The zero-order valence-electron chi connectivity index (χ0n) is 16.6. The number of amides is 2. The summed E-state index contributed by atoms with van der Waals surface area (Å²) in [6.07, 6.45) is 4.55. The lowest BCUT2D eigenvalue weighted by Crippen LogP contribution is -2.16. The number of anilines is 2. The van der Waals surface area contributed by atoms with Crippen LogP contribution in [-0.4, -0.2) is 21.8 Å². The number of carbonyl (C=O) groups excluding carboxylic acids is 2. The summed E-state index contributed by atoms with van der Waals surface area (Å²) >= 11 is 0. The first-order valence-corrected chi connectivity index (χ1v) is 9.50. The molecule has 2 aromatic carbocycles. The van der Waals surface area contributed by atoms with E-state index in [1.165, 1.54) is 18.5 Å². The van der Waals surface area contributed by atoms with Crippen LogP contribution in [0.2, 0.25) is 0 Å². The Morgan fingerprint density at radius 2 is 1.50 bits per heavy atom. The number of carbonyl (C=O) groups is 2. The fourth-order valence-electron chi connectivity index (χ4n) is 3.24. The molecule has 4 aromatic rings. The average molecular weight is 396 g/mol. The van der Waals surface area contributed by atoms with E-state index in [2.05, 4.69) is 20.6 Å². The topological polar surface area (TPSA) is 84.0 Å². The van der Waals surface area contributed by atoms with Crippen LogP contribution >= 0.6 is 0 Å². The lowest BCUT2D eigenvalue weighted by Gasteiger charge is -2.10. The van der Waals surface area contributed by atoms with Crippen LogP contribution in [0.15, 0.2) is 73.2 Å². The third kappa shape index (κ3) is 4.03. The van der Waals surface area contributed by atoms with Crippen molar-refractivity contribution in [2.45, 2.75) is 13.8 Å². The molecule has 2 heterocycles. The minimum Gasteiger partial charge on any atom is -0.322 e. The van der Waals surface area contributed by atoms with Crippen molar-refractivity contribution in [1.82, 2.24) is 9.97 Å². The average Bonchev–Trinajstić information content (AvgIpc) is 2.76. The first-order chi connectivity index (χ1) is 14.5. The Morgan fingerprint density at radius 1 is 0.800 bits per heavy atom. The van der Waals surface area contributed by atoms with Gasteiger partial charge in [-0.2, -0.15) is 0 Å². The molecule has 0 aliphatic rings. The van der Waals surface area contributed by atoms with Crippen LogP contribution in [0.3, 0.4) is 0 Å². The number of hydrogen-bond acceptors (Lipinski definition) is 4. The third-order valence-corrected chi connectivity index (χ3v) is 4.77. The molecule has 30 heavy (non-hydrogen) atoms. The quantitative estimate of drug-likeness (QED) is 0.521. The van der Waals surface area contributed by atoms with Crippen molar-refractivity contribution in [3.8, 4) is 0 Å². The largest absolute Gasteiger partial charge is 0.322 e. The number of aryl methyl sites for hydroxylation is 2. The third-order valence-electron chi connectivity index (χ3n) is 4.77. The number of benzene rings is 2. The molecule has 6 nitrogen and oxygen atoms in total. The molecule has 0 bridgehead atoms. The monoisotopic (exact) mass is 396 g/mol. The number of rotatable bonds is 4. The fraction of sp³-hybridized carbons (Fsp3) is 0.0833. The molecular formula is C24H20N4O2. The van der Waals surface area contributed by atoms with Crippen molar-refractivity contribution in [2.24, 2.45) is 0 Å². The molecule has 0 spiro atoms. The van der Waals surface area contributed by atoms with E-state index in [1.807, 2.05) is 56.3 Å². The van der Waals surface area contributed by atoms with E-state index >= 15 is 0 Å². The maximum Gasteiger partial charge on any atom is 0.257 e. The molecule has 4 rings (SSSR count). The van der Waals surface area contributed by atoms with Gasteiger partial charge >= 0.3 is 0 Å². The van der Waals surface area contributed by atoms with E-state index in [1.54, 1.807) is 12.3 Å². The number of fused-ring (bicyclic) bond motifs is 1. The van der Waals surface area contributed by atoms with E-state index in [0.29, 0.717) is 16.8 Å². The van der Waals surface area contributed by atoms with Gasteiger partial charge in [0, 0.05) is 29.7 Å². The number of para-hydroxylation sites is 1. The minimum atomic E-state index is -0.359. The molecule has 0 saturated carbocycles. The Morgan fingerprint density at radius 3 is 2.23 bits per heavy atom. The lowest BCUT2D eigenvalue weighted by molar-refractivity contribution is 0.102. The van der Waals surface area contributed by atoms with Crippen LogP contribution in [0, 0.1) is 13.8 Å². The van der Waals surface area contributed by atoms with Crippen LogP contribution in [0.25, 0.3) is 10.9 Å². The Hall–Kier alpha value is -4.06. The van der Waals surface area contributed by atoms with Gasteiger partial charge in [-0.1, -0.05) is 35.9 Å². The standard InChI is InChI=1S/C24H20N4O2/c1-15-8-9-20(16(2)11-15)27-23(29)18-12-19(14-25-13-18)24(30)28-21-7-3-5-17-6-4-10-26-22(17)21/h3-14H,1-2H3,(H,27,29)(H,28,30). The van der Waals surface area contributed by atoms with Gasteiger partial charge in [-0.05, 0) is 43.7 Å². The Labute approximate surface area is 174 Å². The van der Waals surface area contributed by atoms with Gasteiger partial charge in [-0.15, -0.1) is 0 Å². The van der Waals surface area contributed by atoms with E-state index in [9.17, 15) is 9.59 Å². The second-order valence-electron chi connectivity index (χ2n) is 7.07. The molecule has 0 fully saturated rings. The highest BCUT2D eigenvalue weighted by Crippen LogP contribution is 2.22. The summed E-state index contributed by atoms with van der Waals surface area (Å²) in [5.74, 6) is -0.683. The predicted molar refractivity (Wildman–Crippen MR) is 118 cm³/mol. The van der Waals surface area contributed by atoms with Gasteiger partial charge in [-0.25, -0.2) is 0 Å². The molecule has 2 N–H and O–H groups in total. The Bertz CT molecular complexity index is 1260. The summed E-state index contributed by atoms with van der Waals surface area (Å²) in [7, 11) is 0. The van der Waals surface area contributed by atoms with Crippen LogP contribution < -0.4 is 10.6 Å². The van der Waals surface area contributed by atoms with Crippen molar-refractivity contribution in [2.75, 3.05) is 10.6 Å². The first-order valence-electron chi connectivity index (χ1n) is 9.50. The summed E-state index contributed by atoms with van der Waals surface area (Å²) in [6, 6.07) is 16.7. The highest BCUT2D eigenvalue weighted by Gasteiger charge is 2.14. The maximum absolute atomic E-state index is 12.8. The highest BCUT2D eigenvalue weighted by molar-refractivity contribution is 6.10. The summed E-state index contributed by atoms with van der Waals surface area (Å²) in [5, 5.41) is 6.66. The minimum absolute atomic E-state index is 0.288. The van der Waals surface area contributed by atoms with Crippen molar-refractivity contribution in [1.29, 1.82) is 0 Å². The molecule has 0 saturated heterocycles. The van der Waals surface area contributed by atoms with Crippen molar-refractivity contribution < 1.29 is 9.59 Å². The van der Waals surface area contributed by atoms with Gasteiger partial charge in [0.2, 0.25) is 0 Å². The molecule has 2 aromatic heterocycles. The van der Waals surface area contributed by atoms with E-state index < -0.39 is 0 Å². The highest BCUT2D eigenvalue weighted by atomic mass is 16.2. The molecule has 6 heteroatoms. The number of nitrogens with one attached hydrogen (secondary N) is 2. The molecule has 0 aliphatic carbocycles. The van der Waals surface area contributed by atoms with Crippen LogP contribution in [0.1, 0.15) is 31.8 Å². The second kappa shape index (κ2) is 8.13. The Balaban J connectivity index is 1.55. The number of aromatic nitrogens is 2. The van der Waals surface area contributed by atoms with Crippen LogP contribution in [0.4, 0.5) is 11.4 Å². The zero-order valence-corrected chi connectivity index (χ0v) is 16.6. The smallest absolute Gasteiger partial charge is 0.257 e. The summed E-state index contributed by atoms with van der Waals surface area (Å²) < 4.78 is 0. The summed E-state index contributed by atoms with van der Waals surface area (Å²) in [5.41, 5.74) is 4.70. The van der Waals surface area contributed by atoms with Gasteiger partial charge in [0.1, 0.15) is 0 Å². The number of nitrogens with zero attached hydrogens (tertiary/aromatic N) is 2. The van der Waals surface area contributed by atoms with Crippen molar-refractivity contribution in [3.05, 3.63) is 95.4 Å². The number of hydrogen-bond donors (Lipinski definition) is 2. The van der Waals surface area contributed by atoms with Crippen LogP contribution in [0.5, 0.6) is 0 Å². The number of pyridine rings is 2. The molecule has 2 amide bonds. The molecule has 0 aliphatic heterocycles. The van der Waals surface area contributed by atoms with Crippen molar-refractivity contribution >= 4 is 34.1 Å². The SMILES string of the molecule is Cc1ccc(NC(=O)c2cncc(C(=O)Nc3cccc4cccnc34)c2)c(C)c1. The van der Waals surface area contributed by atoms with E-state index in [4.69, 9.17) is 0 Å². The second-order valence-corrected chi connectivity index (χ2v) is 7.07. The summed E-state index contributed by atoms with van der Waals surface area (Å²) in [4.78, 5) is 33.9. The van der Waals surface area contributed by atoms with Crippen LogP contribution in [-0.2, 0) is 0 Å². The van der Waals surface area contributed by atoms with Crippen molar-refractivity contribution in [3.63, 3.8) is 0 Å². The normalized spacial score (nSPS) is 10.6. The Kier molecular flexibility index (Phi) is 5.22. The van der Waals surface area contributed by atoms with Gasteiger partial charge in [0.15, 0.2) is 0 Å². The molecule has 0 unspecified atom stereocenters. The molecule has 0 radical (unpaired) electrons. The van der Waals surface area contributed by atoms with E-state index in [-0.39, 0.29) is 17.4 Å². The van der Waals surface area contributed by atoms with Gasteiger partial charge < -0.3 is 10.6 Å². The maximum atomic E-state index is 12.8. The predicted octanol–water partition coefficient (Wildman–Crippen LogP) is 4.75. The van der Waals surface area contributed by atoms with Gasteiger partial charge in [-0.3, -0.25) is 19.6 Å². The fourth-order valence-corrected chi connectivity index (χ4v) is 3.24. The first kappa shape index (κ1) is 19.3. The van der Waals surface area contributed by atoms with Gasteiger partial charge in [0.25, 0.3) is 11.8 Å². The zero-order chi connectivity index (χ0) is 21.1. The lowest BCUT2D eigenvalue weighted by atomic mass is 10.1.